The molecule has 2 heterocycles. The maximum atomic E-state index is 14.9. The standard InChI is InChI=1S/C35H36F3N3O8/c1-48-29-16-23(8-11-31(42)43)17-30(49-2)32(29)33(44)24-12-14-39(15-13-24)21-34(45,35(36,37)38)27-20-40(19-22-6-4-3-5-7-22)28-18-25(41(46)47)9-10-26(27)28/h3-7,9-10,16-18,20,24,45H,8,11-15,19,21H2,1-2H3,(H,42,43). The fraction of sp³-hybridized carbons (Fsp3) is 0.371. The highest BCUT2D eigenvalue weighted by atomic mass is 19.4. The molecule has 0 spiro atoms. The summed E-state index contributed by atoms with van der Waals surface area (Å²) in [4.78, 5) is 37.2. The van der Waals surface area contributed by atoms with Gasteiger partial charge in [-0.1, -0.05) is 30.3 Å². The van der Waals surface area contributed by atoms with E-state index in [2.05, 4.69) is 0 Å². The van der Waals surface area contributed by atoms with Crippen molar-refractivity contribution in [2.45, 2.75) is 44.0 Å². The monoisotopic (exact) mass is 683 g/mol. The Morgan fingerprint density at radius 1 is 0.980 bits per heavy atom. The Morgan fingerprint density at radius 2 is 1.61 bits per heavy atom. The Morgan fingerprint density at radius 3 is 2.16 bits per heavy atom. The molecule has 14 heteroatoms. The first-order valence-electron chi connectivity index (χ1n) is 15.6. The van der Waals surface area contributed by atoms with Crippen LogP contribution in [-0.2, 0) is 23.4 Å². The van der Waals surface area contributed by atoms with Crippen molar-refractivity contribution >= 4 is 28.3 Å². The van der Waals surface area contributed by atoms with Crippen LogP contribution in [0.25, 0.3) is 10.9 Å². The molecule has 0 saturated carbocycles. The highest BCUT2D eigenvalue weighted by Crippen LogP contribution is 2.45. The number of aliphatic hydroxyl groups is 1. The predicted octanol–water partition coefficient (Wildman–Crippen LogP) is 5.98. The Kier molecular flexibility index (Phi) is 10.3. The van der Waals surface area contributed by atoms with Crippen molar-refractivity contribution in [1.29, 1.82) is 0 Å². The number of carbonyl (C=O) groups is 2. The minimum atomic E-state index is -5.11. The normalized spacial score (nSPS) is 15.6. The number of alkyl halides is 3. The van der Waals surface area contributed by atoms with E-state index in [0.717, 1.165) is 11.6 Å². The number of benzene rings is 3. The minimum Gasteiger partial charge on any atom is -0.496 e. The predicted molar refractivity (Wildman–Crippen MR) is 173 cm³/mol. The van der Waals surface area contributed by atoms with Crippen LogP contribution in [0.5, 0.6) is 11.5 Å². The van der Waals surface area contributed by atoms with Crippen LogP contribution in [-0.4, -0.2) is 76.4 Å². The maximum Gasteiger partial charge on any atom is 0.422 e. The number of nitro groups is 1. The zero-order valence-electron chi connectivity index (χ0n) is 26.9. The molecule has 49 heavy (non-hydrogen) atoms. The van der Waals surface area contributed by atoms with Crippen molar-refractivity contribution < 1.29 is 47.4 Å². The largest absolute Gasteiger partial charge is 0.496 e. The van der Waals surface area contributed by atoms with Gasteiger partial charge in [-0.05, 0) is 61.7 Å². The molecule has 4 aromatic rings. The molecule has 0 amide bonds. The zero-order valence-corrected chi connectivity index (χ0v) is 26.9. The summed E-state index contributed by atoms with van der Waals surface area (Å²) >= 11 is 0. The van der Waals surface area contributed by atoms with Crippen molar-refractivity contribution in [2.24, 2.45) is 5.92 Å². The average molecular weight is 684 g/mol. The van der Waals surface area contributed by atoms with Gasteiger partial charge < -0.3 is 24.3 Å². The SMILES string of the molecule is COc1cc(CCC(=O)O)cc(OC)c1C(=O)C1CCN(CC(O)(c2cn(Cc3ccccc3)c3cc([N+](=O)[O-])ccc23)C(F)(F)F)CC1. The number of hydrogen-bond donors (Lipinski definition) is 2. The Hall–Kier alpha value is -4.95. The van der Waals surface area contributed by atoms with E-state index in [1.807, 2.05) is 0 Å². The van der Waals surface area contributed by atoms with Crippen LogP contribution in [0.4, 0.5) is 18.9 Å². The number of nitro benzene ring substituents is 1. The fourth-order valence-electron chi connectivity index (χ4n) is 6.45. The molecule has 1 aliphatic rings. The summed E-state index contributed by atoms with van der Waals surface area (Å²) in [6.07, 6.45) is -3.45. The van der Waals surface area contributed by atoms with Gasteiger partial charge in [0, 0.05) is 54.7 Å². The van der Waals surface area contributed by atoms with E-state index in [9.17, 15) is 38.0 Å². The molecule has 0 radical (unpaired) electrons. The molecule has 260 valence electrons. The summed E-state index contributed by atoms with van der Waals surface area (Å²) in [6.45, 7) is -0.550. The molecular formula is C35H36F3N3O8. The lowest BCUT2D eigenvalue weighted by Crippen LogP contribution is -2.52. The lowest BCUT2D eigenvalue weighted by molar-refractivity contribution is -0.384. The number of β-amino-alcohol motifs (C(OH)–C–C–N with tert-alkyl or cyclic N) is 1. The summed E-state index contributed by atoms with van der Waals surface area (Å²) in [5.74, 6) is -1.44. The number of aliphatic carboxylic acids is 1. The van der Waals surface area contributed by atoms with Crippen molar-refractivity contribution in [3.63, 3.8) is 0 Å². The lowest BCUT2D eigenvalue weighted by atomic mass is 9.86. The smallest absolute Gasteiger partial charge is 0.422 e. The third-order valence-corrected chi connectivity index (χ3v) is 9.04. The number of aromatic nitrogens is 1. The number of rotatable bonds is 13. The van der Waals surface area contributed by atoms with Crippen molar-refractivity contribution in [2.75, 3.05) is 33.9 Å². The number of non-ortho nitro benzene ring substituents is 1. The molecule has 1 saturated heterocycles. The molecule has 0 aliphatic carbocycles. The number of halogens is 3. The van der Waals surface area contributed by atoms with Gasteiger partial charge in [0.15, 0.2) is 5.78 Å². The Labute approximate surface area is 279 Å². The van der Waals surface area contributed by atoms with Gasteiger partial charge in [0.2, 0.25) is 5.60 Å². The number of methoxy groups -OCH3 is 2. The minimum absolute atomic E-state index is 0.0393. The van der Waals surface area contributed by atoms with Crippen molar-refractivity contribution in [3.8, 4) is 11.5 Å². The molecular weight excluding hydrogens is 647 g/mol. The van der Waals surface area contributed by atoms with Gasteiger partial charge in [-0.25, -0.2) is 0 Å². The summed E-state index contributed by atoms with van der Waals surface area (Å²) in [7, 11) is 2.75. The summed E-state index contributed by atoms with van der Waals surface area (Å²) in [6, 6.07) is 15.6. The zero-order chi connectivity index (χ0) is 35.5. The number of ketones is 1. The first-order valence-corrected chi connectivity index (χ1v) is 15.6. The third-order valence-electron chi connectivity index (χ3n) is 9.04. The van der Waals surface area contributed by atoms with Crippen LogP contribution >= 0.6 is 0 Å². The number of hydrogen-bond acceptors (Lipinski definition) is 8. The van der Waals surface area contributed by atoms with Crippen molar-refractivity contribution in [3.05, 3.63) is 99.2 Å². The number of carboxylic acids is 1. The topological polar surface area (TPSA) is 144 Å². The summed E-state index contributed by atoms with van der Waals surface area (Å²) in [5.41, 5.74) is -2.34. The number of likely N-dealkylation sites (tertiary alicyclic amines) is 1. The highest BCUT2D eigenvalue weighted by molar-refractivity contribution is 6.03. The molecule has 1 fully saturated rings. The van der Waals surface area contributed by atoms with Gasteiger partial charge >= 0.3 is 12.1 Å². The second-order valence-electron chi connectivity index (χ2n) is 12.2. The molecule has 2 N–H and O–H groups in total. The number of ether oxygens (including phenoxy) is 2. The van der Waals surface area contributed by atoms with Gasteiger partial charge in [0.05, 0.1) is 24.7 Å². The van der Waals surface area contributed by atoms with E-state index >= 15 is 0 Å². The van der Waals surface area contributed by atoms with E-state index in [1.54, 1.807) is 42.5 Å². The van der Waals surface area contributed by atoms with E-state index in [0.29, 0.717) is 5.56 Å². The highest BCUT2D eigenvalue weighted by Gasteiger charge is 2.57. The number of Topliss-reactive ketones (excluding diaryl/α,β-unsaturated/α-hetero) is 1. The van der Waals surface area contributed by atoms with Gasteiger partial charge in [0.1, 0.15) is 17.1 Å². The first kappa shape index (κ1) is 35.4. The molecule has 1 aliphatic heterocycles. The van der Waals surface area contributed by atoms with Gasteiger partial charge in [-0.3, -0.25) is 24.6 Å². The number of piperidine rings is 1. The van der Waals surface area contributed by atoms with Crippen LogP contribution in [0.3, 0.4) is 0 Å². The number of carboxylic acid groups (broad SMARTS) is 1. The summed E-state index contributed by atoms with van der Waals surface area (Å²) in [5, 5.41) is 32.2. The second kappa shape index (κ2) is 14.3. The fourth-order valence-corrected chi connectivity index (χ4v) is 6.45. The van der Waals surface area contributed by atoms with Crippen molar-refractivity contribution in [1.82, 2.24) is 9.47 Å². The average Bonchev–Trinajstić information content (AvgIpc) is 3.44. The second-order valence-corrected chi connectivity index (χ2v) is 12.2. The molecule has 1 atom stereocenters. The molecule has 11 nitrogen and oxygen atoms in total. The lowest BCUT2D eigenvalue weighted by Gasteiger charge is -2.38. The third kappa shape index (κ3) is 7.39. The molecule has 5 rings (SSSR count). The van der Waals surface area contributed by atoms with E-state index < -0.39 is 40.7 Å². The number of aryl methyl sites for hydroxylation is 1. The molecule has 1 unspecified atom stereocenters. The van der Waals surface area contributed by atoms with E-state index in [4.69, 9.17) is 14.6 Å². The maximum absolute atomic E-state index is 14.9. The molecule has 0 bridgehead atoms. The number of nitrogens with zero attached hydrogens (tertiary/aromatic N) is 3. The van der Waals surface area contributed by atoms with E-state index in [1.165, 1.54) is 42.0 Å². The molecule has 1 aromatic heterocycles. The van der Waals surface area contributed by atoms with Crippen LogP contribution in [0.1, 0.15) is 46.3 Å². The summed E-state index contributed by atoms with van der Waals surface area (Å²) < 4.78 is 57.2. The van der Waals surface area contributed by atoms with Crippen LogP contribution < -0.4 is 9.47 Å². The number of carbonyl (C=O) groups excluding carboxylic acids is 1. The van der Waals surface area contributed by atoms with Crippen LogP contribution in [0, 0.1) is 16.0 Å². The van der Waals surface area contributed by atoms with E-state index in [-0.39, 0.29) is 84.8 Å². The van der Waals surface area contributed by atoms with Gasteiger partial charge in [-0.15, -0.1) is 0 Å². The first-order chi connectivity index (χ1) is 23.2. The van der Waals surface area contributed by atoms with Gasteiger partial charge in [0.25, 0.3) is 5.69 Å². The van der Waals surface area contributed by atoms with Crippen LogP contribution in [0.15, 0.2) is 66.9 Å². The van der Waals surface area contributed by atoms with Gasteiger partial charge in [-0.2, -0.15) is 13.2 Å². The van der Waals surface area contributed by atoms with Crippen LogP contribution in [0.2, 0.25) is 0 Å². The quantitative estimate of drug-likeness (QED) is 0.0989. The Bertz CT molecular complexity index is 1830. The molecule has 3 aromatic carbocycles. The Balaban J connectivity index is 1.41. The number of fused-ring (bicyclic) bond motifs is 1.